The predicted octanol–water partition coefficient (Wildman–Crippen LogP) is 6.69. The molecule has 11 heteroatoms. The molecule has 0 saturated carbocycles. The molecule has 1 N–H and O–H groups in total. The van der Waals surface area contributed by atoms with E-state index in [0.29, 0.717) is 17.1 Å². The van der Waals surface area contributed by atoms with Crippen LogP contribution in [0.5, 0.6) is 17.2 Å². The first kappa shape index (κ1) is 32.5. The number of ether oxygens (including phenoxy) is 2. The number of nitrogens with one attached hydrogen (secondary N) is 1. The smallest absolute Gasteiger partial charge is 0.316 e. The number of halogens is 2. The molecule has 2 rings (SSSR count). The number of rotatable bonds is 10. The molecule has 0 saturated heterocycles. The second-order valence-corrected chi connectivity index (χ2v) is 6.83. The molecule has 0 radical (unpaired) electrons. The van der Waals surface area contributed by atoms with E-state index in [9.17, 15) is 13.0 Å². The fraction of sp³-hybridized carbons (Fsp3) is 0.333. The summed E-state index contributed by atoms with van der Waals surface area (Å²) in [6.45, 7) is 3.78. The average Bonchev–Trinajstić information content (AvgIpc) is 2.80. The third-order valence-corrected chi connectivity index (χ3v) is 4.56. The Labute approximate surface area is 201 Å². The highest BCUT2D eigenvalue weighted by Gasteiger charge is 2.15. The number of hydrogen-bond acceptors (Lipinski definition) is 5. The van der Waals surface area contributed by atoms with Crippen LogP contribution in [0.15, 0.2) is 36.4 Å². The van der Waals surface area contributed by atoms with Crippen molar-refractivity contribution in [3.8, 4) is 17.2 Å². The Morgan fingerprint density at radius 3 is 2.00 bits per heavy atom. The van der Waals surface area contributed by atoms with Crippen LogP contribution in [0.25, 0.3) is 0 Å². The Kier molecular flexibility index (Phi) is 21.5. The van der Waals surface area contributed by atoms with Gasteiger partial charge in [-0.25, -0.2) is 8.78 Å². The van der Waals surface area contributed by atoms with E-state index in [1.807, 2.05) is 33.1 Å². The lowest BCUT2D eigenvalue weighted by Gasteiger charge is -2.16. The molecule has 0 amide bonds. The van der Waals surface area contributed by atoms with Gasteiger partial charge in [0.15, 0.2) is 0 Å². The van der Waals surface area contributed by atoms with Gasteiger partial charge in [0, 0.05) is 23.4 Å². The van der Waals surface area contributed by atoms with Crippen molar-refractivity contribution in [2.24, 2.45) is 0 Å². The third-order valence-electron chi connectivity index (χ3n) is 3.24. The van der Waals surface area contributed by atoms with Gasteiger partial charge in [-0.05, 0) is 30.9 Å². The summed E-state index contributed by atoms with van der Waals surface area (Å²) < 4.78 is 55.4. The van der Waals surface area contributed by atoms with Crippen molar-refractivity contribution in [2.75, 3.05) is 24.7 Å². The fourth-order valence-corrected chi connectivity index (χ4v) is 3.42. The predicted molar refractivity (Wildman–Crippen MR) is 143 cm³/mol. The molecule has 0 spiro atoms. The molecular weight excluding hydrogens is 494 g/mol. The first-order valence-electron chi connectivity index (χ1n) is 9.25. The van der Waals surface area contributed by atoms with Gasteiger partial charge < -0.3 is 13.7 Å². The van der Waals surface area contributed by atoms with Crippen LogP contribution in [-0.2, 0) is 17.0 Å². The molecule has 0 aromatic heterocycles. The summed E-state index contributed by atoms with van der Waals surface area (Å²) >= 11 is -0.471. The Morgan fingerprint density at radius 1 is 1.03 bits per heavy atom. The zero-order valence-corrected chi connectivity index (χ0v) is 22.3. The van der Waals surface area contributed by atoms with Crippen molar-refractivity contribution in [2.45, 2.75) is 26.5 Å². The molecule has 0 aliphatic rings. The molecule has 2 aromatic rings. The molecule has 0 heterocycles. The molecule has 0 aliphatic heterocycles. The van der Waals surface area contributed by atoms with E-state index in [1.165, 1.54) is 23.9 Å². The third kappa shape index (κ3) is 12.4. The minimum absolute atomic E-state index is 0.183. The maximum atomic E-state index is 12.7. The van der Waals surface area contributed by atoms with Gasteiger partial charge in [-0.2, -0.15) is 16.0 Å². The standard InChI is InChI=1S/C17H19F2NO4S2.C2H6.2CH3P/c1-12-4-3-5-14(6-12)24-26(21)20-13-7-16(22-10-18)15(9-25-2)17(8-13)23-11-19;3*1-2/h3-8,20H,9-11H2,1-2H3;1-2H3;2*2H,1H2. The van der Waals surface area contributed by atoms with Crippen LogP contribution < -0.4 is 18.4 Å². The normalized spacial score (nSPS) is 9.94. The van der Waals surface area contributed by atoms with Crippen LogP contribution in [-0.4, -0.2) is 36.8 Å². The number of aryl methyl sites for hydroxylation is 1. The molecular formula is C21H31F2NO4P2S2. The topological polar surface area (TPSA) is 56.8 Å². The lowest BCUT2D eigenvalue weighted by Crippen LogP contribution is -2.12. The SMILES string of the molecule is C=P.C=P.CC.CSCc1c(OCF)cc(NS(=O)Oc2cccc(C)c2)cc1OCF. The molecule has 180 valence electrons. The Morgan fingerprint density at radius 2 is 1.56 bits per heavy atom. The molecule has 0 aliphatic carbocycles. The average molecular weight is 526 g/mol. The number of benzene rings is 2. The van der Waals surface area contributed by atoms with Gasteiger partial charge in [-0.3, -0.25) is 4.72 Å². The highest BCUT2D eigenvalue weighted by atomic mass is 32.2. The summed E-state index contributed by atoms with van der Waals surface area (Å²) in [4.78, 5) is 0. The largest absolute Gasteiger partial charge is 0.462 e. The summed E-state index contributed by atoms with van der Waals surface area (Å²) in [5.74, 6) is 1.23. The minimum atomic E-state index is -1.92. The van der Waals surface area contributed by atoms with Crippen molar-refractivity contribution >= 4 is 59.0 Å². The minimum Gasteiger partial charge on any atom is -0.462 e. The van der Waals surface area contributed by atoms with E-state index in [1.54, 1.807) is 18.2 Å². The lowest BCUT2D eigenvalue weighted by atomic mass is 10.2. The van der Waals surface area contributed by atoms with E-state index in [-0.39, 0.29) is 17.2 Å². The van der Waals surface area contributed by atoms with E-state index in [0.717, 1.165) is 5.56 Å². The summed E-state index contributed by atoms with van der Waals surface area (Å²) in [6.07, 6.45) is 7.95. The second-order valence-electron chi connectivity index (χ2n) is 5.13. The summed E-state index contributed by atoms with van der Waals surface area (Å²) in [5, 5.41) is 0. The van der Waals surface area contributed by atoms with Gasteiger partial charge in [0.2, 0.25) is 13.7 Å². The zero-order chi connectivity index (χ0) is 24.9. The molecule has 5 nitrogen and oxygen atoms in total. The van der Waals surface area contributed by atoms with Crippen LogP contribution in [0.3, 0.4) is 0 Å². The second kappa shape index (κ2) is 21.2. The van der Waals surface area contributed by atoms with Gasteiger partial charge >= 0.3 is 11.3 Å². The van der Waals surface area contributed by atoms with Crippen molar-refractivity contribution < 1.29 is 26.6 Å². The Hall–Kier alpha value is -1.66. The van der Waals surface area contributed by atoms with Crippen LogP contribution in [0, 0.1) is 6.92 Å². The summed E-state index contributed by atoms with van der Waals surface area (Å²) in [6, 6.07) is 10.00. The number of thioether (sulfide) groups is 1. The van der Waals surface area contributed by atoms with Crippen molar-refractivity contribution in [1.82, 2.24) is 0 Å². The van der Waals surface area contributed by atoms with E-state index in [2.05, 4.69) is 35.0 Å². The van der Waals surface area contributed by atoms with E-state index in [4.69, 9.17) is 13.7 Å². The van der Waals surface area contributed by atoms with Crippen LogP contribution in [0.4, 0.5) is 14.5 Å². The molecule has 32 heavy (non-hydrogen) atoms. The number of hydrogen-bond donors (Lipinski definition) is 1. The van der Waals surface area contributed by atoms with Crippen LogP contribution in [0.2, 0.25) is 0 Å². The zero-order valence-electron chi connectivity index (χ0n) is 18.7. The maximum Gasteiger partial charge on any atom is 0.316 e. The van der Waals surface area contributed by atoms with Crippen LogP contribution in [0.1, 0.15) is 25.0 Å². The molecule has 2 aromatic carbocycles. The molecule has 1 atom stereocenters. The van der Waals surface area contributed by atoms with E-state index >= 15 is 0 Å². The molecule has 0 bridgehead atoms. The van der Waals surface area contributed by atoms with E-state index < -0.39 is 25.0 Å². The summed E-state index contributed by atoms with van der Waals surface area (Å²) in [7, 11) is 5.44. The Balaban J connectivity index is 0. The quantitative estimate of drug-likeness (QED) is 0.351. The van der Waals surface area contributed by atoms with Gasteiger partial charge in [0.05, 0.1) is 5.69 Å². The van der Waals surface area contributed by atoms with Gasteiger partial charge in [0.1, 0.15) is 17.2 Å². The van der Waals surface area contributed by atoms with Gasteiger partial charge in [-0.15, -0.1) is 17.7 Å². The number of alkyl halides is 2. The summed E-state index contributed by atoms with van der Waals surface area (Å²) in [5.41, 5.74) is 1.76. The lowest BCUT2D eigenvalue weighted by molar-refractivity contribution is 0.180. The van der Waals surface area contributed by atoms with Crippen molar-refractivity contribution in [1.29, 1.82) is 0 Å². The van der Waals surface area contributed by atoms with Crippen molar-refractivity contribution in [3.05, 3.63) is 47.5 Å². The molecule has 0 fully saturated rings. The number of anilines is 1. The fourth-order valence-electron chi connectivity index (χ4n) is 2.21. The molecule has 1 unspecified atom stereocenters. The highest BCUT2D eigenvalue weighted by molar-refractivity contribution is 7.97. The highest BCUT2D eigenvalue weighted by Crippen LogP contribution is 2.36. The first-order chi connectivity index (χ1) is 15.6. The van der Waals surface area contributed by atoms with Crippen LogP contribution >= 0.6 is 29.5 Å². The first-order valence-corrected chi connectivity index (χ1v) is 13.1. The maximum absolute atomic E-state index is 12.7. The Bertz CT molecular complexity index is 775. The van der Waals surface area contributed by atoms with Crippen molar-refractivity contribution in [3.63, 3.8) is 0 Å². The van der Waals surface area contributed by atoms with Gasteiger partial charge in [0.25, 0.3) is 0 Å². The monoisotopic (exact) mass is 525 g/mol. The van der Waals surface area contributed by atoms with Gasteiger partial charge in [-0.1, -0.05) is 38.6 Å².